The van der Waals surface area contributed by atoms with Crippen molar-refractivity contribution >= 4 is 49.0 Å². The molecule has 1 heterocycles. The van der Waals surface area contributed by atoms with Crippen LogP contribution in [-0.2, 0) is 22.7 Å². The highest BCUT2D eigenvalue weighted by Crippen LogP contribution is 2.13. The van der Waals surface area contributed by atoms with Gasteiger partial charge in [0.15, 0.2) is 0 Å². The van der Waals surface area contributed by atoms with Crippen molar-refractivity contribution in [2.24, 2.45) is 5.73 Å². The van der Waals surface area contributed by atoms with Gasteiger partial charge < -0.3 is 21.3 Å². The van der Waals surface area contributed by atoms with E-state index in [1.54, 1.807) is 0 Å². The highest BCUT2D eigenvalue weighted by atomic mass is 35.5. The maximum atomic E-state index is 11.8. The van der Waals surface area contributed by atoms with Gasteiger partial charge in [0, 0.05) is 39.3 Å². The summed E-state index contributed by atoms with van der Waals surface area (Å²) in [7, 11) is 0. The predicted octanol–water partition coefficient (Wildman–Crippen LogP) is 0.781. The average molecular weight is 457 g/mol. The van der Waals surface area contributed by atoms with Crippen molar-refractivity contribution in [2.75, 3.05) is 45.8 Å². The number of nitrogens with one attached hydrogen (secondary N) is 2. The predicted molar refractivity (Wildman–Crippen MR) is 119 cm³/mol. The Labute approximate surface area is 186 Å². The lowest BCUT2D eigenvalue weighted by Gasteiger charge is -2.34. The highest BCUT2D eigenvalue weighted by molar-refractivity contribution is 5.86. The van der Waals surface area contributed by atoms with Crippen LogP contribution in [0.5, 0.6) is 0 Å². The second-order valence-electron chi connectivity index (χ2n) is 6.24. The fourth-order valence-corrected chi connectivity index (χ4v) is 2.90. The van der Waals surface area contributed by atoms with Gasteiger partial charge in [0.1, 0.15) is 0 Å². The van der Waals surface area contributed by atoms with Crippen molar-refractivity contribution in [3.8, 4) is 0 Å². The standard InChI is InChI=1S/C18H29N5O2.3ClH/c1-2-22-7-9-23(10-8-22)14-16-6-4-3-5-15(16)12-20-18(25)13-21-17(24)11-19;;;/h3-6H,2,7-14,19H2,1H3,(H,20,25)(H,21,24);3*1H. The summed E-state index contributed by atoms with van der Waals surface area (Å²) >= 11 is 0. The van der Waals surface area contributed by atoms with Crippen LogP contribution < -0.4 is 16.4 Å². The van der Waals surface area contributed by atoms with Gasteiger partial charge in [-0.15, -0.1) is 37.2 Å². The van der Waals surface area contributed by atoms with Crippen molar-refractivity contribution in [3.05, 3.63) is 35.4 Å². The number of halogens is 3. The molecule has 7 nitrogen and oxygen atoms in total. The van der Waals surface area contributed by atoms with Gasteiger partial charge in [-0.25, -0.2) is 0 Å². The quantitative estimate of drug-likeness (QED) is 0.538. The molecule has 28 heavy (non-hydrogen) atoms. The summed E-state index contributed by atoms with van der Waals surface area (Å²) in [5.41, 5.74) is 7.54. The van der Waals surface area contributed by atoms with Gasteiger partial charge in [0.05, 0.1) is 13.1 Å². The maximum Gasteiger partial charge on any atom is 0.239 e. The zero-order chi connectivity index (χ0) is 18.1. The van der Waals surface area contributed by atoms with Gasteiger partial charge in [-0.05, 0) is 17.7 Å². The Kier molecular flexibility index (Phi) is 16.4. The number of piperazine rings is 1. The van der Waals surface area contributed by atoms with Crippen LogP contribution in [0.4, 0.5) is 0 Å². The molecule has 0 spiro atoms. The number of amides is 2. The zero-order valence-electron chi connectivity index (χ0n) is 16.2. The molecule has 2 amide bonds. The Morgan fingerprint density at radius 1 is 0.929 bits per heavy atom. The number of hydrogen-bond acceptors (Lipinski definition) is 5. The van der Waals surface area contributed by atoms with E-state index in [4.69, 9.17) is 5.73 Å². The van der Waals surface area contributed by atoms with Crippen LogP contribution in [0.2, 0.25) is 0 Å². The third-order valence-corrected chi connectivity index (χ3v) is 4.53. The van der Waals surface area contributed by atoms with Crippen molar-refractivity contribution in [1.82, 2.24) is 20.4 Å². The third kappa shape index (κ3) is 9.91. The SMILES string of the molecule is CCN1CCN(Cc2ccccc2CNC(=O)CNC(=O)CN)CC1.Cl.Cl.Cl. The molecule has 162 valence electrons. The summed E-state index contributed by atoms with van der Waals surface area (Å²) in [6.45, 7) is 8.86. The van der Waals surface area contributed by atoms with E-state index in [0.717, 1.165) is 44.8 Å². The van der Waals surface area contributed by atoms with E-state index in [2.05, 4.69) is 33.4 Å². The first-order valence-corrected chi connectivity index (χ1v) is 8.87. The largest absolute Gasteiger partial charge is 0.350 e. The summed E-state index contributed by atoms with van der Waals surface area (Å²) in [6, 6.07) is 8.17. The van der Waals surface area contributed by atoms with Crippen molar-refractivity contribution in [1.29, 1.82) is 0 Å². The number of carbonyl (C=O) groups is 2. The minimum atomic E-state index is -0.332. The molecule has 0 saturated carbocycles. The van der Waals surface area contributed by atoms with Crippen LogP contribution in [0.15, 0.2) is 24.3 Å². The van der Waals surface area contributed by atoms with Gasteiger partial charge in [0.2, 0.25) is 11.8 Å². The molecule has 1 aromatic rings. The molecule has 0 atom stereocenters. The molecule has 0 aromatic heterocycles. The van der Waals surface area contributed by atoms with Gasteiger partial charge in [-0.1, -0.05) is 31.2 Å². The summed E-state index contributed by atoms with van der Waals surface area (Å²) in [5.74, 6) is -0.546. The first kappa shape index (κ1) is 29.1. The summed E-state index contributed by atoms with van der Waals surface area (Å²) in [4.78, 5) is 27.8. The number of likely N-dealkylation sites (N-methyl/N-ethyl adjacent to an activating group) is 1. The van der Waals surface area contributed by atoms with E-state index >= 15 is 0 Å². The minimum Gasteiger partial charge on any atom is -0.350 e. The van der Waals surface area contributed by atoms with Crippen LogP contribution in [-0.4, -0.2) is 67.4 Å². The Hall–Kier alpha value is -1.09. The van der Waals surface area contributed by atoms with Crippen LogP contribution in [0, 0.1) is 0 Å². The van der Waals surface area contributed by atoms with Crippen LogP contribution in [0.25, 0.3) is 0 Å². The molecule has 0 aliphatic carbocycles. The van der Waals surface area contributed by atoms with Crippen molar-refractivity contribution in [2.45, 2.75) is 20.0 Å². The number of carbonyl (C=O) groups excluding carboxylic acids is 2. The molecule has 0 radical (unpaired) electrons. The fourth-order valence-electron chi connectivity index (χ4n) is 2.90. The number of benzene rings is 1. The molecular weight excluding hydrogens is 425 g/mol. The lowest BCUT2D eigenvalue weighted by atomic mass is 10.1. The molecule has 1 aromatic carbocycles. The molecule has 0 bridgehead atoms. The van der Waals surface area contributed by atoms with E-state index in [1.165, 1.54) is 5.56 Å². The smallest absolute Gasteiger partial charge is 0.239 e. The molecule has 2 rings (SSSR count). The van der Waals surface area contributed by atoms with Crippen molar-refractivity contribution < 1.29 is 9.59 Å². The van der Waals surface area contributed by atoms with E-state index in [-0.39, 0.29) is 62.1 Å². The normalized spacial score (nSPS) is 14.1. The summed E-state index contributed by atoms with van der Waals surface area (Å²) in [6.07, 6.45) is 0. The molecule has 1 aliphatic heterocycles. The first-order chi connectivity index (χ1) is 12.1. The Bertz CT molecular complexity index is 584. The molecule has 1 saturated heterocycles. The molecule has 0 unspecified atom stereocenters. The lowest BCUT2D eigenvalue weighted by Crippen LogP contribution is -2.45. The third-order valence-electron chi connectivity index (χ3n) is 4.53. The van der Waals surface area contributed by atoms with Gasteiger partial charge in [-0.3, -0.25) is 14.5 Å². The number of nitrogens with zero attached hydrogens (tertiary/aromatic N) is 2. The molecule has 10 heteroatoms. The minimum absolute atomic E-state index is 0. The van der Waals surface area contributed by atoms with E-state index in [9.17, 15) is 9.59 Å². The maximum absolute atomic E-state index is 11.8. The van der Waals surface area contributed by atoms with E-state index in [0.29, 0.717) is 6.54 Å². The molecular formula is C18H32Cl3N5O2. The Morgan fingerprint density at radius 3 is 2.07 bits per heavy atom. The van der Waals surface area contributed by atoms with Crippen LogP contribution >= 0.6 is 37.2 Å². The number of hydrogen-bond donors (Lipinski definition) is 3. The monoisotopic (exact) mass is 455 g/mol. The lowest BCUT2D eigenvalue weighted by molar-refractivity contribution is -0.125. The van der Waals surface area contributed by atoms with E-state index in [1.807, 2.05) is 18.2 Å². The fraction of sp³-hybridized carbons (Fsp3) is 0.556. The Balaban J connectivity index is 0. The molecule has 1 aliphatic rings. The number of nitrogens with two attached hydrogens (primary N) is 1. The first-order valence-electron chi connectivity index (χ1n) is 8.87. The van der Waals surface area contributed by atoms with Crippen molar-refractivity contribution in [3.63, 3.8) is 0 Å². The second kappa shape index (κ2) is 15.8. The zero-order valence-corrected chi connectivity index (χ0v) is 18.6. The van der Waals surface area contributed by atoms with E-state index < -0.39 is 0 Å². The number of rotatable bonds is 8. The average Bonchev–Trinajstić information content (AvgIpc) is 2.66. The summed E-state index contributed by atoms with van der Waals surface area (Å²) < 4.78 is 0. The molecule has 4 N–H and O–H groups in total. The molecule has 1 fully saturated rings. The van der Waals surface area contributed by atoms with Crippen LogP contribution in [0.1, 0.15) is 18.1 Å². The summed E-state index contributed by atoms with van der Waals surface area (Å²) in [5, 5.41) is 5.32. The van der Waals surface area contributed by atoms with Gasteiger partial charge in [-0.2, -0.15) is 0 Å². The highest BCUT2D eigenvalue weighted by Gasteiger charge is 2.16. The van der Waals surface area contributed by atoms with Crippen LogP contribution in [0.3, 0.4) is 0 Å². The van der Waals surface area contributed by atoms with Gasteiger partial charge >= 0.3 is 0 Å². The topological polar surface area (TPSA) is 90.7 Å². The van der Waals surface area contributed by atoms with Gasteiger partial charge in [0.25, 0.3) is 0 Å². The Morgan fingerprint density at radius 2 is 1.50 bits per heavy atom. The second-order valence-corrected chi connectivity index (χ2v) is 6.24.